The van der Waals surface area contributed by atoms with Crippen molar-refractivity contribution < 1.29 is 9.84 Å². The molecule has 1 rings (SSSR count). The van der Waals surface area contributed by atoms with Gasteiger partial charge in [-0.2, -0.15) is 0 Å². The van der Waals surface area contributed by atoms with Gasteiger partial charge in [0.05, 0.1) is 19.8 Å². The Morgan fingerprint density at radius 1 is 1.40 bits per heavy atom. The van der Waals surface area contributed by atoms with Crippen molar-refractivity contribution in [1.82, 2.24) is 9.80 Å². The van der Waals surface area contributed by atoms with E-state index >= 15 is 0 Å². The van der Waals surface area contributed by atoms with E-state index in [-0.39, 0.29) is 12.6 Å². The van der Waals surface area contributed by atoms with E-state index in [0.717, 1.165) is 39.4 Å². The molecule has 0 radical (unpaired) electrons. The second-order valence-electron chi connectivity index (χ2n) is 4.32. The molecule has 1 heterocycles. The van der Waals surface area contributed by atoms with Crippen molar-refractivity contribution in [2.75, 3.05) is 53.0 Å². The summed E-state index contributed by atoms with van der Waals surface area (Å²) in [5.41, 5.74) is 0. The molecule has 1 atom stereocenters. The van der Waals surface area contributed by atoms with Gasteiger partial charge in [0, 0.05) is 19.1 Å². The highest BCUT2D eigenvalue weighted by atomic mass is 16.5. The quantitative estimate of drug-likeness (QED) is 0.679. The number of hydrogen-bond donors (Lipinski definition) is 1. The first-order chi connectivity index (χ1) is 7.24. The van der Waals surface area contributed by atoms with E-state index in [1.54, 1.807) is 0 Å². The molecule has 90 valence electrons. The lowest BCUT2D eigenvalue weighted by molar-refractivity contribution is 0.0355. The van der Waals surface area contributed by atoms with Gasteiger partial charge in [-0.15, -0.1) is 0 Å². The summed E-state index contributed by atoms with van der Waals surface area (Å²) >= 11 is 0. The SMILES string of the molecule is CC(CO)N(C)CCCN1CCOCC1. The normalized spacial score (nSPS) is 20.8. The number of morpholine rings is 1. The number of nitrogens with zero attached hydrogens (tertiary/aromatic N) is 2. The van der Waals surface area contributed by atoms with E-state index in [4.69, 9.17) is 9.84 Å². The standard InChI is InChI=1S/C11H24N2O2/c1-11(10-14)12(2)4-3-5-13-6-8-15-9-7-13/h11,14H,3-10H2,1-2H3. The van der Waals surface area contributed by atoms with Gasteiger partial charge in [0.25, 0.3) is 0 Å². The fourth-order valence-electron chi connectivity index (χ4n) is 1.73. The van der Waals surface area contributed by atoms with Gasteiger partial charge in [-0.3, -0.25) is 4.90 Å². The van der Waals surface area contributed by atoms with E-state index in [0.29, 0.717) is 0 Å². The van der Waals surface area contributed by atoms with Gasteiger partial charge in [-0.1, -0.05) is 0 Å². The molecule has 15 heavy (non-hydrogen) atoms. The van der Waals surface area contributed by atoms with Gasteiger partial charge < -0.3 is 14.7 Å². The topological polar surface area (TPSA) is 35.9 Å². The van der Waals surface area contributed by atoms with E-state index in [1.165, 1.54) is 6.42 Å². The third kappa shape index (κ3) is 4.93. The summed E-state index contributed by atoms with van der Waals surface area (Å²) in [7, 11) is 2.07. The Morgan fingerprint density at radius 3 is 2.67 bits per heavy atom. The first-order valence-corrected chi connectivity index (χ1v) is 5.85. The predicted molar refractivity (Wildman–Crippen MR) is 61.1 cm³/mol. The summed E-state index contributed by atoms with van der Waals surface area (Å²) in [4.78, 5) is 4.65. The molecular formula is C11H24N2O2. The van der Waals surface area contributed by atoms with Crippen LogP contribution in [0.15, 0.2) is 0 Å². The largest absolute Gasteiger partial charge is 0.395 e. The average Bonchev–Trinajstić information content (AvgIpc) is 2.29. The van der Waals surface area contributed by atoms with E-state index in [9.17, 15) is 0 Å². The molecule has 0 aromatic heterocycles. The predicted octanol–water partition coefficient (Wildman–Crippen LogP) is 0.0213. The third-order valence-corrected chi connectivity index (χ3v) is 3.11. The van der Waals surface area contributed by atoms with Gasteiger partial charge >= 0.3 is 0 Å². The number of likely N-dealkylation sites (N-methyl/N-ethyl adjacent to an activating group) is 1. The minimum atomic E-state index is 0.244. The molecule has 1 N–H and O–H groups in total. The number of rotatable bonds is 6. The van der Waals surface area contributed by atoms with Gasteiger partial charge in [-0.25, -0.2) is 0 Å². The zero-order valence-electron chi connectivity index (χ0n) is 9.98. The van der Waals surface area contributed by atoms with Gasteiger partial charge in [0.2, 0.25) is 0 Å². The van der Waals surface area contributed by atoms with Crippen molar-refractivity contribution in [3.8, 4) is 0 Å². The number of ether oxygens (including phenoxy) is 1. The summed E-state index contributed by atoms with van der Waals surface area (Å²) in [6.07, 6.45) is 1.17. The van der Waals surface area contributed by atoms with Crippen molar-refractivity contribution in [3.05, 3.63) is 0 Å². The number of aliphatic hydroxyl groups excluding tert-OH is 1. The fraction of sp³-hybridized carbons (Fsp3) is 1.00. The maximum absolute atomic E-state index is 8.98. The van der Waals surface area contributed by atoms with Crippen molar-refractivity contribution in [2.45, 2.75) is 19.4 Å². The Kier molecular flexibility index (Phi) is 6.17. The van der Waals surface area contributed by atoms with Crippen LogP contribution in [0.2, 0.25) is 0 Å². The van der Waals surface area contributed by atoms with Gasteiger partial charge in [-0.05, 0) is 33.5 Å². The highest BCUT2D eigenvalue weighted by molar-refractivity contribution is 4.65. The Labute approximate surface area is 92.8 Å². The highest BCUT2D eigenvalue weighted by Gasteiger charge is 2.11. The zero-order valence-corrected chi connectivity index (χ0v) is 9.98. The number of hydrogen-bond acceptors (Lipinski definition) is 4. The molecule has 0 aromatic carbocycles. The molecule has 4 nitrogen and oxygen atoms in total. The number of aliphatic hydroxyl groups is 1. The molecule has 0 aliphatic carbocycles. The summed E-state index contributed by atoms with van der Waals surface area (Å²) in [5, 5.41) is 8.98. The Hall–Kier alpha value is -0.160. The van der Waals surface area contributed by atoms with Crippen LogP contribution in [0.3, 0.4) is 0 Å². The van der Waals surface area contributed by atoms with Crippen molar-refractivity contribution in [2.24, 2.45) is 0 Å². The smallest absolute Gasteiger partial charge is 0.0594 e. The maximum Gasteiger partial charge on any atom is 0.0594 e. The summed E-state index contributed by atoms with van der Waals surface area (Å²) in [6, 6.07) is 0.273. The molecule has 0 amide bonds. The van der Waals surface area contributed by atoms with Crippen LogP contribution >= 0.6 is 0 Å². The molecule has 0 spiro atoms. The molecular weight excluding hydrogens is 192 g/mol. The summed E-state index contributed by atoms with van der Waals surface area (Å²) in [5.74, 6) is 0. The van der Waals surface area contributed by atoms with Crippen LogP contribution in [0.25, 0.3) is 0 Å². The Balaban J connectivity index is 2.04. The van der Waals surface area contributed by atoms with Crippen LogP contribution in [0.5, 0.6) is 0 Å². The van der Waals surface area contributed by atoms with E-state index in [2.05, 4.69) is 23.8 Å². The molecule has 1 aliphatic rings. The van der Waals surface area contributed by atoms with Crippen molar-refractivity contribution >= 4 is 0 Å². The molecule has 1 unspecified atom stereocenters. The average molecular weight is 216 g/mol. The van der Waals surface area contributed by atoms with Crippen molar-refractivity contribution in [1.29, 1.82) is 0 Å². The summed E-state index contributed by atoms with van der Waals surface area (Å²) in [6.45, 7) is 8.39. The molecule has 1 fully saturated rings. The molecule has 1 aliphatic heterocycles. The van der Waals surface area contributed by atoms with E-state index < -0.39 is 0 Å². The third-order valence-electron chi connectivity index (χ3n) is 3.11. The Bertz CT molecular complexity index is 159. The molecule has 0 aromatic rings. The lowest BCUT2D eigenvalue weighted by atomic mass is 10.3. The van der Waals surface area contributed by atoms with Crippen LogP contribution in [0, 0.1) is 0 Å². The minimum absolute atomic E-state index is 0.244. The molecule has 0 bridgehead atoms. The van der Waals surface area contributed by atoms with Crippen LogP contribution < -0.4 is 0 Å². The van der Waals surface area contributed by atoms with Gasteiger partial charge in [0.1, 0.15) is 0 Å². The second-order valence-corrected chi connectivity index (χ2v) is 4.32. The lowest BCUT2D eigenvalue weighted by Crippen LogP contribution is -2.39. The van der Waals surface area contributed by atoms with Crippen LogP contribution in [-0.4, -0.2) is 74.0 Å². The lowest BCUT2D eigenvalue weighted by Gasteiger charge is -2.28. The molecule has 4 heteroatoms. The maximum atomic E-state index is 8.98. The molecule has 0 saturated carbocycles. The van der Waals surface area contributed by atoms with Crippen LogP contribution in [0.1, 0.15) is 13.3 Å². The second kappa shape index (κ2) is 7.17. The Morgan fingerprint density at radius 2 is 2.07 bits per heavy atom. The molecule has 1 saturated heterocycles. The monoisotopic (exact) mass is 216 g/mol. The van der Waals surface area contributed by atoms with Gasteiger partial charge in [0.15, 0.2) is 0 Å². The first-order valence-electron chi connectivity index (χ1n) is 5.85. The van der Waals surface area contributed by atoms with Crippen LogP contribution in [0.4, 0.5) is 0 Å². The zero-order chi connectivity index (χ0) is 11.1. The van der Waals surface area contributed by atoms with Crippen molar-refractivity contribution in [3.63, 3.8) is 0 Å². The first kappa shape index (κ1) is 12.9. The minimum Gasteiger partial charge on any atom is -0.395 e. The highest BCUT2D eigenvalue weighted by Crippen LogP contribution is 2.00. The summed E-state index contributed by atoms with van der Waals surface area (Å²) < 4.78 is 5.30. The fourth-order valence-corrected chi connectivity index (χ4v) is 1.73. The van der Waals surface area contributed by atoms with Crippen LogP contribution in [-0.2, 0) is 4.74 Å². The van der Waals surface area contributed by atoms with E-state index in [1.807, 2.05) is 0 Å².